The van der Waals surface area contributed by atoms with Crippen molar-refractivity contribution < 1.29 is 17.6 Å². The summed E-state index contributed by atoms with van der Waals surface area (Å²) in [4.78, 5) is 11.2. The second kappa shape index (κ2) is 6.65. The fraction of sp³-hybridized carbons (Fsp3) is 0.462. The van der Waals surface area contributed by atoms with Gasteiger partial charge in [0.2, 0.25) is 5.91 Å². The second-order valence-electron chi connectivity index (χ2n) is 4.27. The molecule has 106 valence electrons. The zero-order valence-corrected chi connectivity index (χ0v) is 11.8. The smallest absolute Gasteiger partial charge is 0.235 e. The Hall–Kier alpha value is -1.43. The highest BCUT2D eigenvalue weighted by Gasteiger charge is 2.23. The van der Waals surface area contributed by atoms with Crippen LogP contribution in [0.15, 0.2) is 29.2 Å². The maximum absolute atomic E-state index is 13.4. The van der Waals surface area contributed by atoms with Crippen LogP contribution in [-0.2, 0) is 14.6 Å². The summed E-state index contributed by atoms with van der Waals surface area (Å²) < 4.78 is 37.3. The maximum Gasteiger partial charge on any atom is 0.235 e. The summed E-state index contributed by atoms with van der Waals surface area (Å²) in [5.74, 6) is -2.17. The number of hydrogen-bond acceptors (Lipinski definition) is 3. The van der Waals surface area contributed by atoms with E-state index < -0.39 is 32.2 Å². The van der Waals surface area contributed by atoms with Gasteiger partial charge in [-0.05, 0) is 25.0 Å². The lowest BCUT2D eigenvalue weighted by atomic mass is 10.2. The largest absolute Gasteiger partial charge is 0.353 e. The van der Waals surface area contributed by atoms with Crippen LogP contribution in [0.4, 0.5) is 4.39 Å². The lowest BCUT2D eigenvalue weighted by molar-refractivity contribution is -0.119. The van der Waals surface area contributed by atoms with Crippen molar-refractivity contribution in [3.8, 4) is 0 Å². The molecule has 0 aliphatic heterocycles. The summed E-state index contributed by atoms with van der Waals surface area (Å²) in [5, 5.41) is 2.62. The first kappa shape index (κ1) is 15.6. The van der Waals surface area contributed by atoms with Gasteiger partial charge in [-0.2, -0.15) is 0 Å². The van der Waals surface area contributed by atoms with Gasteiger partial charge in [0.25, 0.3) is 0 Å². The number of benzene rings is 1. The van der Waals surface area contributed by atoms with Gasteiger partial charge in [-0.1, -0.05) is 26.0 Å². The van der Waals surface area contributed by atoms with Gasteiger partial charge in [-0.25, -0.2) is 12.8 Å². The van der Waals surface area contributed by atoms with Crippen molar-refractivity contribution in [2.24, 2.45) is 0 Å². The van der Waals surface area contributed by atoms with E-state index in [9.17, 15) is 17.6 Å². The zero-order valence-electron chi connectivity index (χ0n) is 11.0. The molecule has 0 heterocycles. The van der Waals surface area contributed by atoms with E-state index in [4.69, 9.17) is 0 Å². The standard InChI is InChI=1S/C13H18FNO3S/c1-3-10(4-2)15-13(16)9-19(17,18)12-8-6-5-7-11(12)14/h5-8,10H,3-4,9H2,1-2H3,(H,15,16). The average molecular weight is 287 g/mol. The Kier molecular flexibility index (Phi) is 5.47. The number of amides is 1. The first-order valence-corrected chi connectivity index (χ1v) is 7.82. The Morgan fingerprint density at radius 3 is 2.37 bits per heavy atom. The van der Waals surface area contributed by atoms with Crippen LogP contribution in [0.1, 0.15) is 26.7 Å². The number of halogens is 1. The maximum atomic E-state index is 13.4. The topological polar surface area (TPSA) is 63.2 Å². The number of rotatable bonds is 6. The SMILES string of the molecule is CCC(CC)NC(=O)CS(=O)(=O)c1ccccc1F. The van der Waals surface area contributed by atoms with E-state index in [-0.39, 0.29) is 6.04 Å². The van der Waals surface area contributed by atoms with Gasteiger partial charge in [0, 0.05) is 6.04 Å². The molecule has 1 amide bonds. The number of sulfone groups is 1. The molecule has 6 heteroatoms. The predicted octanol–water partition coefficient (Wildman–Crippen LogP) is 1.90. The van der Waals surface area contributed by atoms with Gasteiger partial charge in [-0.3, -0.25) is 4.79 Å². The van der Waals surface area contributed by atoms with E-state index in [1.165, 1.54) is 12.1 Å². The molecule has 0 unspecified atom stereocenters. The lowest BCUT2D eigenvalue weighted by Gasteiger charge is -2.14. The highest BCUT2D eigenvalue weighted by atomic mass is 32.2. The van der Waals surface area contributed by atoms with Crippen LogP contribution in [0.3, 0.4) is 0 Å². The number of nitrogens with one attached hydrogen (secondary N) is 1. The molecule has 0 fully saturated rings. The Morgan fingerprint density at radius 2 is 1.84 bits per heavy atom. The third-order valence-electron chi connectivity index (χ3n) is 2.84. The molecule has 0 bridgehead atoms. The molecule has 0 aliphatic carbocycles. The van der Waals surface area contributed by atoms with Crippen LogP contribution in [0, 0.1) is 5.82 Å². The third kappa shape index (κ3) is 4.31. The van der Waals surface area contributed by atoms with E-state index in [0.29, 0.717) is 0 Å². The highest BCUT2D eigenvalue weighted by Crippen LogP contribution is 2.15. The van der Waals surface area contributed by atoms with E-state index in [2.05, 4.69) is 5.32 Å². The Balaban J connectivity index is 2.81. The second-order valence-corrected chi connectivity index (χ2v) is 6.23. The van der Waals surface area contributed by atoms with Crippen molar-refractivity contribution >= 4 is 15.7 Å². The first-order chi connectivity index (χ1) is 8.90. The van der Waals surface area contributed by atoms with Gasteiger partial charge < -0.3 is 5.32 Å². The summed E-state index contributed by atoms with van der Waals surface area (Å²) in [6.07, 6.45) is 1.45. The van der Waals surface area contributed by atoms with Crippen LogP contribution in [-0.4, -0.2) is 26.1 Å². The van der Waals surface area contributed by atoms with Crippen molar-refractivity contribution in [1.29, 1.82) is 0 Å². The zero-order chi connectivity index (χ0) is 14.5. The van der Waals surface area contributed by atoms with Crippen molar-refractivity contribution in [1.82, 2.24) is 5.32 Å². The first-order valence-electron chi connectivity index (χ1n) is 6.17. The summed E-state index contributed by atoms with van der Waals surface area (Å²) in [6.45, 7) is 3.81. The summed E-state index contributed by atoms with van der Waals surface area (Å²) >= 11 is 0. The molecule has 0 saturated heterocycles. The number of hydrogen-bond donors (Lipinski definition) is 1. The normalized spacial score (nSPS) is 11.6. The van der Waals surface area contributed by atoms with E-state index in [1.807, 2.05) is 13.8 Å². The molecule has 0 saturated carbocycles. The van der Waals surface area contributed by atoms with Gasteiger partial charge >= 0.3 is 0 Å². The number of carbonyl (C=O) groups is 1. The van der Waals surface area contributed by atoms with E-state index >= 15 is 0 Å². The fourth-order valence-corrected chi connectivity index (χ4v) is 2.94. The molecule has 0 atom stereocenters. The lowest BCUT2D eigenvalue weighted by Crippen LogP contribution is -2.37. The van der Waals surface area contributed by atoms with Crippen LogP contribution in [0.2, 0.25) is 0 Å². The minimum atomic E-state index is -3.94. The van der Waals surface area contributed by atoms with E-state index in [1.54, 1.807) is 0 Å². The average Bonchev–Trinajstić information content (AvgIpc) is 2.35. The molecular weight excluding hydrogens is 269 g/mol. The molecule has 4 nitrogen and oxygen atoms in total. The van der Waals surface area contributed by atoms with Crippen LogP contribution >= 0.6 is 0 Å². The summed E-state index contributed by atoms with van der Waals surface area (Å²) in [5.41, 5.74) is 0. The third-order valence-corrected chi connectivity index (χ3v) is 4.49. The Bertz CT molecular complexity index is 539. The van der Waals surface area contributed by atoms with Crippen LogP contribution in [0.25, 0.3) is 0 Å². The molecular formula is C13H18FNO3S. The van der Waals surface area contributed by atoms with Crippen LogP contribution < -0.4 is 5.32 Å². The monoisotopic (exact) mass is 287 g/mol. The van der Waals surface area contributed by atoms with E-state index in [0.717, 1.165) is 25.0 Å². The number of carbonyl (C=O) groups excluding carboxylic acids is 1. The van der Waals surface area contributed by atoms with Gasteiger partial charge in [-0.15, -0.1) is 0 Å². The molecule has 19 heavy (non-hydrogen) atoms. The predicted molar refractivity (Wildman–Crippen MR) is 71.0 cm³/mol. The molecule has 1 N–H and O–H groups in total. The van der Waals surface area contributed by atoms with Gasteiger partial charge in [0.15, 0.2) is 9.84 Å². The Morgan fingerprint density at radius 1 is 1.26 bits per heavy atom. The Labute approximate surface area is 112 Å². The molecule has 0 aromatic heterocycles. The quantitative estimate of drug-likeness (QED) is 0.869. The minimum Gasteiger partial charge on any atom is -0.353 e. The fourth-order valence-electron chi connectivity index (χ4n) is 1.71. The summed E-state index contributed by atoms with van der Waals surface area (Å²) in [6, 6.07) is 5.00. The molecule has 0 radical (unpaired) electrons. The molecule has 0 spiro atoms. The molecule has 0 aliphatic rings. The highest BCUT2D eigenvalue weighted by molar-refractivity contribution is 7.92. The van der Waals surface area contributed by atoms with Gasteiger partial charge in [0.1, 0.15) is 16.5 Å². The molecule has 1 rings (SSSR count). The van der Waals surface area contributed by atoms with Gasteiger partial charge in [0.05, 0.1) is 0 Å². The van der Waals surface area contributed by atoms with Crippen molar-refractivity contribution in [3.05, 3.63) is 30.1 Å². The summed E-state index contributed by atoms with van der Waals surface area (Å²) in [7, 11) is -3.94. The minimum absolute atomic E-state index is 0.0525. The van der Waals surface area contributed by atoms with Crippen molar-refractivity contribution in [3.63, 3.8) is 0 Å². The molecule has 1 aromatic carbocycles. The molecule has 1 aromatic rings. The van der Waals surface area contributed by atoms with Crippen molar-refractivity contribution in [2.45, 2.75) is 37.6 Å². The van der Waals surface area contributed by atoms with Crippen molar-refractivity contribution in [2.75, 3.05) is 5.75 Å². The van der Waals surface area contributed by atoms with Crippen LogP contribution in [0.5, 0.6) is 0 Å².